The Morgan fingerprint density at radius 2 is 1.96 bits per heavy atom. The first-order valence-corrected chi connectivity index (χ1v) is 8.04. The van der Waals surface area contributed by atoms with Crippen molar-refractivity contribution in [1.29, 1.82) is 0 Å². The first-order valence-electron chi connectivity index (χ1n) is 8.04. The number of ether oxygens (including phenoxy) is 1. The molecule has 0 unspecified atom stereocenters. The van der Waals surface area contributed by atoms with Gasteiger partial charge >= 0.3 is 5.97 Å². The first-order chi connectivity index (χ1) is 12.1. The van der Waals surface area contributed by atoms with E-state index in [9.17, 15) is 14.7 Å². The van der Waals surface area contributed by atoms with Crippen LogP contribution in [0.5, 0.6) is 5.75 Å². The Balaban J connectivity index is 2.06. The number of hydrogen-bond donors (Lipinski definition) is 1. The number of carbonyl (C=O) groups excluding carboxylic acids is 1. The number of carboxylic acid groups (broad SMARTS) is 1. The lowest BCUT2D eigenvalue weighted by atomic mass is 10.0. The molecule has 0 aliphatic heterocycles. The molecule has 0 bridgehead atoms. The Bertz CT molecular complexity index is 909. The summed E-state index contributed by atoms with van der Waals surface area (Å²) in [5, 5.41) is 10.2. The van der Waals surface area contributed by atoms with Crippen LogP contribution < -0.4 is 4.74 Å². The van der Waals surface area contributed by atoms with Gasteiger partial charge < -0.3 is 19.2 Å². The van der Waals surface area contributed by atoms with Crippen LogP contribution in [0.2, 0.25) is 0 Å². The van der Waals surface area contributed by atoms with E-state index >= 15 is 0 Å². The molecule has 1 aromatic heterocycles. The number of rotatable bonds is 7. The highest BCUT2D eigenvalue weighted by molar-refractivity contribution is 6.04. The van der Waals surface area contributed by atoms with Gasteiger partial charge in [0.05, 0.1) is 12.7 Å². The largest absolute Gasteiger partial charge is 0.497 e. The van der Waals surface area contributed by atoms with Crippen LogP contribution in [-0.2, 0) is 17.8 Å². The van der Waals surface area contributed by atoms with Crippen molar-refractivity contribution in [2.45, 2.75) is 19.4 Å². The number of benzene rings is 2. The maximum Gasteiger partial charge on any atom is 0.336 e. The molecule has 128 valence electrons. The van der Waals surface area contributed by atoms with Crippen LogP contribution in [0.15, 0.2) is 48.7 Å². The van der Waals surface area contributed by atoms with E-state index in [0.29, 0.717) is 24.8 Å². The van der Waals surface area contributed by atoms with Gasteiger partial charge in [0.2, 0.25) is 0 Å². The number of carbonyl (C=O) groups is 2. The molecule has 0 fully saturated rings. The van der Waals surface area contributed by atoms with Crippen LogP contribution in [0.1, 0.15) is 27.9 Å². The van der Waals surface area contributed by atoms with Crippen LogP contribution in [-0.4, -0.2) is 29.0 Å². The fraction of sp³-hybridized carbons (Fsp3) is 0.200. The van der Waals surface area contributed by atoms with Gasteiger partial charge in [0.15, 0.2) is 0 Å². The maximum absolute atomic E-state index is 11.6. The fourth-order valence-corrected chi connectivity index (χ4v) is 3.08. The van der Waals surface area contributed by atoms with Gasteiger partial charge in [-0.25, -0.2) is 4.79 Å². The van der Waals surface area contributed by atoms with E-state index in [1.54, 1.807) is 19.2 Å². The molecular weight excluding hydrogens is 318 g/mol. The molecule has 0 saturated heterocycles. The Labute approximate surface area is 145 Å². The monoisotopic (exact) mass is 337 g/mol. The summed E-state index contributed by atoms with van der Waals surface area (Å²) in [6, 6.07) is 13.0. The minimum absolute atomic E-state index is 0.270. The van der Waals surface area contributed by atoms with E-state index in [1.807, 2.05) is 41.1 Å². The molecule has 0 spiro atoms. The molecule has 0 amide bonds. The van der Waals surface area contributed by atoms with Crippen molar-refractivity contribution in [3.8, 4) is 5.75 Å². The molecule has 1 heterocycles. The molecule has 0 saturated carbocycles. The van der Waals surface area contributed by atoms with Gasteiger partial charge in [-0.2, -0.15) is 0 Å². The number of hydrogen-bond acceptors (Lipinski definition) is 3. The normalized spacial score (nSPS) is 10.8. The number of aromatic nitrogens is 1. The zero-order chi connectivity index (χ0) is 17.8. The first kappa shape index (κ1) is 16.8. The van der Waals surface area contributed by atoms with E-state index in [1.165, 1.54) is 0 Å². The SMILES string of the molecule is COc1ccc(Cn2cc(CCC=O)c3c(C(=O)O)cccc32)cc1. The molecule has 25 heavy (non-hydrogen) atoms. The number of methoxy groups -OCH3 is 1. The highest BCUT2D eigenvalue weighted by Crippen LogP contribution is 2.27. The molecule has 1 N–H and O–H groups in total. The van der Waals surface area contributed by atoms with E-state index in [4.69, 9.17) is 4.74 Å². The minimum Gasteiger partial charge on any atom is -0.497 e. The molecule has 0 radical (unpaired) electrons. The molecule has 0 atom stereocenters. The Kier molecular flexibility index (Phi) is 4.84. The summed E-state index contributed by atoms with van der Waals surface area (Å²) >= 11 is 0. The number of aryl methyl sites for hydroxylation is 1. The summed E-state index contributed by atoms with van der Waals surface area (Å²) in [5.74, 6) is -0.166. The predicted molar refractivity (Wildman–Crippen MR) is 95.4 cm³/mol. The third kappa shape index (κ3) is 3.40. The van der Waals surface area contributed by atoms with Crippen molar-refractivity contribution in [1.82, 2.24) is 4.57 Å². The van der Waals surface area contributed by atoms with Crippen molar-refractivity contribution >= 4 is 23.2 Å². The van der Waals surface area contributed by atoms with Crippen molar-refractivity contribution in [3.05, 3.63) is 65.4 Å². The average Bonchev–Trinajstić information content (AvgIpc) is 2.98. The van der Waals surface area contributed by atoms with Gasteiger partial charge in [-0.3, -0.25) is 0 Å². The van der Waals surface area contributed by atoms with Crippen LogP contribution in [0.4, 0.5) is 0 Å². The lowest BCUT2D eigenvalue weighted by molar-refractivity contribution is -0.107. The second kappa shape index (κ2) is 7.21. The van der Waals surface area contributed by atoms with E-state index in [2.05, 4.69) is 0 Å². The van der Waals surface area contributed by atoms with Crippen LogP contribution in [0, 0.1) is 0 Å². The molecule has 5 heteroatoms. The maximum atomic E-state index is 11.6. The fourth-order valence-electron chi connectivity index (χ4n) is 3.08. The van der Waals surface area contributed by atoms with Crippen LogP contribution in [0.25, 0.3) is 10.9 Å². The van der Waals surface area contributed by atoms with Crippen LogP contribution >= 0.6 is 0 Å². The summed E-state index contributed by atoms with van der Waals surface area (Å²) < 4.78 is 7.21. The number of fused-ring (bicyclic) bond motifs is 1. The smallest absolute Gasteiger partial charge is 0.336 e. The minimum atomic E-state index is -0.958. The van der Waals surface area contributed by atoms with Crippen molar-refractivity contribution < 1.29 is 19.4 Å². The van der Waals surface area contributed by atoms with Crippen molar-refractivity contribution in [2.75, 3.05) is 7.11 Å². The number of nitrogens with zero attached hydrogens (tertiary/aromatic N) is 1. The third-order valence-corrected chi connectivity index (χ3v) is 4.26. The summed E-state index contributed by atoms with van der Waals surface area (Å²) in [5.41, 5.74) is 3.09. The van der Waals surface area contributed by atoms with E-state index in [0.717, 1.165) is 28.7 Å². The topological polar surface area (TPSA) is 68.5 Å². The van der Waals surface area contributed by atoms with Crippen molar-refractivity contribution in [3.63, 3.8) is 0 Å². The van der Waals surface area contributed by atoms with Gasteiger partial charge in [0.25, 0.3) is 0 Å². The van der Waals surface area contributed by atoms with E-state index in [-0.39, 0.29) is 5.56 Å². The Hall–Kier alpha value is -3.08. The molecular formula is C20H19NO4. The van der Waals surface area contributed by atoms with Crippen molar-refractivity contribution in [2.24, 2.45) is 0 Å². The molecule has 0 aliphatic rings. The van der Waals surface area contributed by atoms with Gasteiger partial charge in [-0.1, -0.05) is 18.2 Å². The third-order valence-electron chi connectivity index (χ3n) is 4.26. The number of aldehydes is 1. The van der Waals surface area contributed by atoms with Gasteiger partial charge in [0, 0.05) is 30.1 Å². The Morgan fingerprint density at radius 1 is 1.20 bits per heavy atom. The number of carboxylic acids is 1. The highest BCUT2D eigenvalue weighted by atomic mass is 16.5. The molecule has 0 aliphatic carbocycles. The zero-order valence-electron chi connectivity index (χ0n) is 13.9. The predicted octanol–water partition coefficient (Wildman–Crippen LogP) is 3.53. The van der Waals surface area contributed by atoms with E-state index < -0.39 is 5.97 Å². The Morgan fingerprint density at radius 3 is 2.60 bits per heavy atom. The standard InChI is InChI=1S/C20H19NO4/c1-25-16-9-7-14(8-10-16)12-21-13-15(4-3-11-22)19-17(20(23)24)5-2-6-18(19)21/h2,5-11,13H,3-4,12H2,1H3,(H,23,24). The highest BCUT2D eigenvalue weighted by Gasteiger charge is 2.16. The molecule has 2 aromatic carbocycles. The van der Waals surface area contributed by atoms with Gasteiger partial charge in [-0.05, 0) is 41.8 Å². The quantitative estimate of drug-likeness (QED) is 0.670. The second-order valence-electron chi connectivity index (χ2n) is 5.84. The molecule has 3 aromatic rings. The summed E-state index contributed by atoms with van der Waals surface area (Å²) in [6.45, 7) is 0.616. The second-order valence-corrected chi connectivity index (χ2v) is 5.84. The van der Waals surface area contributed by atoms with Crippen LogP contribution in [0.3, 0.4) is 0 Å². The molecule has 5 nitrogen and oxygen atoms in total. The lowest BCUT2D eigenvalue weighted by Crippen LogP contribution is -2.00. The zero-order valence-corrected chi connectivity index (χ0v) is 13.9. The number of aromatic carboxylic acids is 1. The summed E-state index contributed by atoms with van der Waals surface area (Å²) in [6.07, 6.45) is 3.70. The average molecular weight is 337 g/mol. The summed E-state index contributed by atoms with van der Waals surface area (Å²) in [4.78, 5) is 22.3. The van der Waals surface area contributed by atoms with Gasteiger partial charge in [-0.15, -0.1) is 0 Å². The van der Waals surface area contributed by atoms with Gasteiger partial charge in [0.1, 0.15) is 12.0 Å². The summed E-state index contributed by atoms with van der Waals surface area (Å²) in [7, 11) is 1.63. The molecule has 3 rings (SSSR count). The lowest BCUT2D eigenvalue weighted by Gasteiger charge is -2.07.